The zero-order valence-electron chi connectivity index (χ0n) is 10.9. The predicted octanol–water partition coefficient (Wildman–Crippen LogP) is 4.23. The molecule has 0 aliphatic heterocycles. The summed E-state index contributed by atoms with van der Waals surface area (Å²) in [4.78, 5) is 0. The summed E-state index contributed by atoms with van der Waals surface area (Å²) in [5.74, 6) is 0.855. The Hall–Kier alpha value is -1.87. The largest absolute Gasteiger partial charge is 0.507 e. The maximum Gasteiger partial charge on any atom is 0.124 e. The van der Waals surface area contributed by atoms with Crippen LogP contribution in [0.3, 0.4) is 0 Å². The molecule has 100 valence electrons. The van der Waals surface area contributed by atoms with Crippen molar-refractivity contribution < 1.29 is 9.84 Å². The summed E-state index contributed by atoms with van der Waals surface area (Å²) in [6, 6.07) is 12.7. The van der Waals surface area contributed by atoms with E-state index >= 15 is 0 Å². The Balaban J connectivity index is 2.15. The van der Waals surface area contributed by atoms with Gasteiger partial charge in [-0.3, -0.25) is 0 Å². The molecule has 4 heteroatoms. The molecule has 0 radical (unpaired) electrons. The second-order valence-corrected chi connectivity index (χ2v) is 4.73. The van der Waals surface area contributed by atoms with Crippen LogP contribution in [0.1, 0.15) is 18.5 Å². The molecule has 0 amide bonds. The Morgan fingerprint density at radius 2 is 1.84 bits per heavy atom. The van der Waals surface area contributed by atoms with Crippen LogP contribution in [0.15, 0.2) is 42.5 Å². The van der Waals surface area contributed by atoms with E-state index in [1.54, 1.807) is 13.2 Å². The van der Waals surface area contributed by atoms with Gasteiger partial charge in [0.05, 0.1) is 13.2 Å². The van der Waals surface area contributed by atoms with Gasteiger partial charge in [0.25, 0.3) is 0 Å². The van der Waals surface area contributed by atoms with Crippen molar-refractivity contribution in [2.24, 2.45) is 0 Å². The van der Waals surface area contributed by atoms with Gasteiger partial charge in [-0.1, -0.05) is 11.6 Å². The number of halogens is 1. The van der Waals surface area contributed by atoms with Gasteiger partial charge in [-0.15, -0.1) is 0 Å². The Kier molecular flexibility index (Phi) is 4.17. The highest BCUT2D eigenvalue weighted by atomic mass is 35.5. The number of phenols is 1. The van der Waals surface area contributed by atoms with Crippen molar-refractivity contribution in [3.8, 4) is 11.5 Å². The lowest BCUT2D eigenvalue weighted by Gasteiger charge is -2.17. The molecular formula is C15H16ClNO2. The van der Waals surface area contributed by atoms with Gasteiger partial charge in [0.2, 0.25) is 0 Å². The fourth-order valence-electron chi connectivity index (χ4n) is 1.89. The first kappa shape index (κ1) is 13.6. The van der Waals surface area contributed by atoms with Crippen molar-refractivity contribution in [3.05, 3.63) is 53.1 Å². The minimum absolute atomic E-state index is 0.0212. The number of methoxy groups -OCH3 is 1. The molecule has 0 fully saturated rings. The Labute approximate surface area is 117 Å². The summed E-state index contributed by atoms with van der Waals surface area (Å²) in [5.41, 5.74) is 1.77. The van der Waals surface area contributed by atoms with Gasteiger partial charge in [0.15, 0.2) is 0 Å². The minimum atomic E-state index is -0.0212. The number of nitrogens with one attached hydrogen (secondary N) is 1. The van der Waals surface area contributed by atoms with E-state index in [0.717, 1.165) is 11.3 Å². The van der Waals surface area contributed by atoms with Gasteiger partial charge in [0, 0.05) is 22.3 Å². The minimum Gasteiger partial charge on any atom is -0.507 e. The topological polar surface area (TPSA) is 41.5 Å². The molecule has 0 aliphatic carbocycles. The quantitative estimate of drug-likeness (QED) is 0.879. The number of phenolic OH excluding ortho intramolecular Hbond substituents is 1. The summed E-state index contributed by atoms with van der Waals surface area (Å²) < 4.78 is 5.07. The van der Waals surface area contributed by atoms with Crippen LogP contribution in [-0.4, -0.2) is 12.2 Å². The number of aromatic hydroxyl groups is 1. The van der Waals surface area contributed by atoms with Crippen molar-refractivity contribution in [1.29, 1.82) is 0 Å². The molecule has 0 bridgehead atoms. The maximum atomic E-state index is 9.97. The second-order valence-electron chi connectivity index (χ2n) is 4.30. The van der Waals surface area contributed by atoms with E-state index in [4.69, 9.17) is 16.3 Å². The molecule has 0 saturated heterocycles. The zero-order chi connectivity index (χ0) is 13.8. The van der Waals surface area contributed by atoms with E-state index in [0.29, 0.717) is 10.8 Å². The highest BCUT2D eigenvalue weighted by Crippen LogP contribution is 2.30. The number of hydrogen-bond acceptors (Lipinski definition) is 3. The Bertz CT molecular complexity index is 555. The smallest absolute Gasteiger partial charge is 0.124 e. The van der Waals surface area contributed by atoms with E-state index in [1.807, 2.05) is 43.3 Å². The standard InChI is InChI=1S/C15H16ClNO2/c1-10(17-12-5-3-11(16)4-6-12)14-8-7-13(19-2)9-15(14)18/h3-10,17-18H,1-2H3. The SMILES string of the molecule is COc1ccc(C(C)Nc2ccc(Cl)cc2)c(O)c1. The van der Waals surface area contributed by atoms with Gasteiger partial charge in [-0.05, 0) is 43.3 Å². The third kappa shape index (κ3) is 3.32. The van der Waals surface area contributed by atoms with Crippen molar-refractivity contribution in [2.75, 3.05) is 12.4 Å². The summed E-state index contributed by atoms with van der Waals surface area (Å²) in [5, 5.41) is 14.0. The molecule has 1 atom stereocenters. The number of rotatable bonds is 4. The van der Waals surface area contributed by atoms with Crippen molar-refractivity contribution >= 4 is 17.3 Å². The van der Waals surface area contributed by atoms with Crippen LogP contribution in [-0.2, 0) is 0 Å². The first-order valence-electron chi connectivity index (χ1n) is 5.99. The molecule has 2 aromatic carbocycles. The van der Waals surface area contributed by atoms with E-state index in [-0.39, 0.29) is 11.8 Å². The third-order valence-corrected chi connectivity index (χ3v) is 3.18. The van der Waals surface area contributed by atoms with Crippen LogP contribution in [0.5, 0.6) is 11.5 Å². The highest BCUT2D eigenvalue weighted by Gasteiger charge is 2.11. The highest BCUT2D eigenvalue weighted by molar-refractivity contribution is 6.30. The molecule has 0 heterocycles. The summed E-state index contributed by atoms with van der Waals surface area (Å²) in [7, 11) is 1.57. The van der Waals surface area contributed by atoms with E-state index < -0.39 is 0 Å². The number of ether oxygens (including phenoxy) is 1. The monoisotopic (exact) mass is 277 g/mol. The lowest BCUT2D eigenvalue weighted by Crippen LogP contribution is -2.06. The molecular weight excluding hydrogens is 262 g/mol. The van der Waals surface area contributed by atoms with Crippen molar-refractivity contribution in [2.45, 2.75) is 13.0 Å². The summed E-state index contributed by atoms with van der Waals surface area (Å²) >= 11 is 5.84. The lowest BCUT2D eigenvalue weighted by atomic mass is 10.1. The van der Waals surface area contributed by atoms with Crippen LogP contribution < -0.4 is 10.1 Å². The molecule has 2 aromatic rings. The molecule has 19 heavy (non-hydrogen) atoms. The van der Waals surface area contributed by atoms with Crippen molar-refractivity contribution in [3.63, 3.8) is 0 Å². The molecule has 2 N–H and O–H groups in total. The van der Waals surface area contributed by atoms with Crippen LogP contribution in [0, 0.1) is 0 Å². The fraction of sp³-hybridized carbons (Fsp3) is 0.200. The number of anilines is 1. The second kappa shape index (κ2) is 5.85. The van der Waals surface area contributed by atoms with Gasteiger partial charge in [-0.25, -0.2) is 0 Å². The summed E-state index contributed by atoms with van der Waals surface area (Å²) in [6.45, 7) is 1.98. The zero-order valence-corrected chi connectivity index (χ0v) is 11.6. The first-order chi connectivity index (χ1) is 9.10. The van der Waals surface area contributed by atoms with Crippen LogP contribution in [0.4, 0.5) is 5.69 Å². The first-order valence-corrected chi connectivity index (χ1v) is 6.37. The van der Waals surface area contributed by atoms with Gasteiger partial charge in [-0.2, -0.15) is 0 Å². The third-order valence-electron chi connectivity index (χ3n) is 2.93. The van der Waals surface area contributed by atoms with Crippen LogP contribution in [0.25, 0.3) is 0 Å². The van der Waals surface area contributed by atoms with Crippen LogP contribution in [0.2, 0.25) is 5.02 Å². The van der Waals surface area contributed by atoms with E-state index in [1.165, 1.54) is 0 Å². The Morgan fingerprint density at radius 3 is 2.42 bits per heavy atom. The van der Waals surface area contributed by atoms with Gasteiger partial charge >= 0.3 is 0 Å². The normalized spacial score (nSPS) is 11.9. The predicted molar refractivity (Wildman–Crippen MR) is 78.1 cm³/mol. The van der Waals surface area contributed by atoms with Crippen molar-refractivity contribution in [1.82, 2.24) is 0 Å². The van der Waals surface area contributed by atoms with E-state index in [2.05, 4.69) is 5.32 Å². The molecule has 1 unspecified atom stereocenters. The molecule has 2 rings (SSSR count). The molecule has 3 nitrogen and oxygen atoms in total. The molecule has 0 spiro atoms. The fourth-order valence-corrected chi connectivity index (χ4v) is 2.02. The average Bonchev–Trinajstić information content (AvgIpc) is 2.41. The molecule has 0 saturated carbocycles. The Morgan fingerprint density at radius 1 is 1.16 bits per heavy atom. The molecule has 0 aliphatic rings. The molecule has 0 aromatic heterocycles. The number of benzene rings is 2. The lowest BCUT2D eigenvalue weighted by molar-refractivity contribution is 0.406. The van der Waals surface area contributed by atoms with E-state index in [9.17, 15) is 5.11 Å². The number of hydrogen-bond donors (Lipinski definition) is 2. The van der Waals surface area contributed by atoms with Gasteiger partial charge in [0.1, 0.15) is 11.5 Å². The maximum absolute atomic E-state index is 9.97. The van der Waals surface area contributed by atoms with Gasteiger partial charge < -0.3 is 15.2 Å². The summed E-state index contributed by atoms with van der Waals surface area (Å²) in [6.07, 6.45) is 0. The van der Waals surface area contributed by atoms with Crippen LogP contribution >= 0.6 is 11.6 Å². The average molecular weight is 278 g/mol.